The smallest absolute Gasteiger partial charge is 0.0897 e. The van der Waals surface area contributed by atoms with Crippen molar-refractivity contribution in [1.82, 2.24) is 5.32 Å². The van der Waals surface area contributed by atoms with Crippen molar-refractivity contribution in [2.24, 2.45) is 0 Å². The van der Waals surface area contributed by atoms with E-state index in [1.165, 1.54) is 0 Å². The van der Waals surface area contributed by atoms with Crippen LogP contribution >= 0.6 is 0 Å². The standard InChI is InChI=1S/C10H19NO2/c1-3-5-6-11-8-10(12)9-13-7-4-2/h3-4,10-12H,1-2,5-9H2. The van der Waals surface area contributed by atoms with Gasteiger partial charge in [0.15, 0.2) is 0 Å². The molecular formula is C10H19NO2. The SMILES string of the molecule is C=CCCNCC(O)COCC=C. The maximum atomic E-state index is 9.33. The summed E-state index contributed by atoms with van der Waals surface area (Å²) in [4.78, 5) is 0. The summed E-state index contributed by atoms with van der Waals surface area (Å²) in [7, 11) is 0. The number of hydrogen-bond acceptors (Lipinski definition) is 3. The average Bonchev–Trinajstić information content (AvgIpc) is 2.13. The molecule has 3 heteroatoms. The van der Waals surface area contributed by atoms with Gasteiger partial charge in [-0.05, 0) is 13.0 Å². The van der Waals surface area contributed by atoms with Gasteiger partial charge < -0.3 is 15.2 Å². The first-order valence-corrected chi connectivity index (χ1v) is 4.49. The minimum Gasteiger partial charge on any atom is -0.389 e. The third kappa shape index (κ3) is 9.27. The molecular weight excluding hydrogens is 166 g/mol. The van der Waals surface area contributed by atoms with Crippen molar-refractivity contribution in [2.45, 2.75) is 12.5 Å². The minimum absolute atomic E-state index is 0.354. The van der Waals surface area contributed by atoms with Crippen molar-refractivity contribution < 1.29 is 9.84 Å². The highest BCUT2D eigenvalue weighted by atomic mass is 16.5. The zero-order chi connectivity index (χ0) is 9.94. The lowest BCUT2D eigenvalue weighted by atomic mass is 10.3. The molecule has 0 saturated carbocycles. The Morgan fingerprint density at radius 3 is 2.77 bits per heavy atom. The van der Waals surface area contributed by atoms with Crippen molar-refractivity contribution in [3.8, 4) is 0 Å². The van der Waals surface area contributed by atoms with Crippen molar-refractivity contribution in [1.29, 1.82) is 0 Å². The largest absolute Gasteiger partial charge is 0.389 e. The van der Waals surface area contributed by atoms with Crippen molar-refractivity contribution in [3.63, 3.8) is 0 Å². The quantitative estimate of drug-likeness (QED) is 0.411. The van der Waals surface area contributed by atoms with E-state index in [4.69, 9.17) is 4.74 Å². The Labute approximate surface area is 80.1 Å². The van der Waals surface area contributed by atoms with Crippen LogP contribution in [-0.2, 0) is 4.74 Å². The van der Waals surface area contributed by atoms with Crippen LogP contribution in [0.25, 0.3) is 0 Å². The Hall–Kier alpha value is -0.640. The molecule has 76 valence electrons. The van der Waals surface area contributed by atoms with Gasteiger partial charge in [-0.2, -0.15) is 0 Å². The van der Waals surface area contributed by atoms with Crippen LogP contribution in [0.5, 0.6) is 0 Å². The van der Waals surface area contributed by atoms with Gasteiger partial charge in [0.05, 0.1) is 19.3 Å². The highest BCUT2D eigenvalue weighted by molar-refractivity contribution is 4.69. The third-order valence-electron chi connectivity index (χ3n) is 1.45. The molecule has 0 radical (unpaired) electrons. The fraction of sp³-hybridized carbons (Fsp3) is 0.600. The predicted molar refractivity (Wildman–Crippen MR) is 54.7 cm³/mol. The lowest BCUT2D eigenvalue weighted by molar-refractivity contribution is 0.0497. The topological polar surface area (TPSA) is 41.5 Å². The van der Waals surface area contributed by atoms with E-state index in [9.17, 15) is 5.11 Å². The summed E-state index contributed by atoms with van der Waals surface area (Å²) in [6.07, 6.45) is 3.98. The minimum atomic E-state index is -0.440. The van der Waals surface area contributed by atoms with Crippen molar-refractivity contribution >= 4 is 0 Å². The number of rotatable bonds is 9. The number of ether oxygens (including phenoxy) is 1. The highest BCUT2D eigenvalue weighted by Crippen LogP contribution is 1.84. The Kier molecular flexibility index (Phi) is 8.98. The fourth-order valence-electron chi connectivity index (χ4n) is 0.819. The molecule has 0 aromatic heterocycles. The summed E-state index contributed by atoms with van der Waals surface area (Å²) in [6.45, 7) is 9.36. The third-order valence-corrected chi connectivity index (χ3v) is 1.45. The maximum absolute atomic E-state index is 9.33. The first-order valence-electron chi connectivity index (χ1n) is 4.49. The lowest BCUT2D eigenvalue weighted by Crippen LogP contribution is -2.30. The van der Waals surface area contributed by atoms with E-state index in [-0.39, 0.29) is 0 Å². The number of aliphatic hydroxyl groups is 1. The first-order chi connectivity index (χ1) is 6.31. The molecule has 0 amide bonds. The van der Waals surface area contributed by atoms with E-state index in [1.807, 2.05) is 6.08 Å². The number of hydrogen-bond donors (Lipinski definition) is 2. The Balaban J connectivity index is 3.14. The molecule has 0 saturated heterocycles. The monoisotopic (exact) mass is 185 g/mol. The van der Waals surface area contributed by atoms with Crippen LogP contribution < -0.4 is 5.32 Å². The normalized spacial score (nSPS) is 12.4. The van der Waals surface area contributed by atoms with E-state index >= 15 is 0 Å². The van der Waals surface area contributed by atoms with Gasteiger partial charge >= 0.3 is 0 Å². The summed E-state index contributed by atoms with van der Waals surface area (Å²) in [5.41, 5.74) is 0. The van der Waals surface area contributed by atoms with Gasteiger partial charge in [0.25, 0.3) is 0 Å². The van der Waals surface area contributed by atoms with E-state index in [0.29, 0.717) is 19.8 Å². The van der Waals surface area contributed by atoms with Crippen LogP contribution in [0.15, 0.2) is 25.3 Å². The van der Waals surface area contributed by atoms with Crippen LogP contribution in [0.2, 0.25) is 0 Å². The van der Waals surface area contributed by atoms with Crippen LogP contribution in [0.4, 0.5) is 0 Å². The van der Waals surface area contributed by atoms with Gasteiger partial charge in [-0.25, -0.2) is 0 Å². The molecule has 0 aromatic carbocycles. The summed E-state index contributed by atoms with van der Waals surface area (Å²) in [5, 5.41) is 12.4. The Morgan fingerprint density at radius 1 is 1.38 bits per heavy atom. The summed E-state index contributed by atoms with van der Waals surface area (Å²) in [5.74, 6) is 0. The van der Waals surface area contributed by atoms with Crippen LogP contribution in [0.3, 0.4) is 0 Å². The highest BCUT2D eigenvalue weighted by Gasteiger charge is 2.01. The van der Waals surface area contributed by atoms with Crippen LogP contribution in [0.1, 0.15) is 6.42 Å². The molecule has 0 aliphatic rings. The van der Waals surface area contributed by atoms with E-state index < -0.39 is 6.10 Å². The average molecular weight is 185 g/mol. The summed E-state index contributed by atoms with van der Waals surface area (Å²) >= 11 is 0. The van der Waals surface area contributed by atoms with E-state index in [2.05, 4.69) is 18.5 Å². The molecule has 0 rings (SSSR count). The lowest BCUT2D eigenvalue weighted by Gasteiger charge is -2.10. The first kappa shape index (κ1) is 12.4. The maximum Gasteiger partial charge on any atom is 0.0897 e. The molecule has 13 heavy (non-hydrogen) atoms. The molecule has 1 atom stereocenters. The zero-order valence-electron chi connectivity index (χ0n) is 8.04. The molecule has 0 aliphatic carbocycles. The molecule has 3 nitrogen and oxygen atoms in total. The van der Waals surface area contributed by atoms with E-state index in [1.54, 1.807) is 6.08 Å². The van der Waals surface area contributed by atoms with Gasteiger partial charge in [-0.1, -0.05) is 12.2 Å². The molecule has 2 N–H and O–H groups in total. The molecule has 0 aliphatic heterocycles. The second kappa shape index (κ2) is 9.45. The summed E-state index contributed by atoms with van der Waals surface area (Å²) < 4.78 is 5.07. The molecule has 0 aromatic rings. The second-order valence-corrected chi connectivity index (χ2v) is 2.76. The van der Waals surface area contributed by atoms with Crippen LogP contribution in [-0.4, -0.2) is 37.5 Å². The molecule has 0 heterocycles. The summed E-state index contributed by atoms with van der Waals surface area (Å²) in [6, 6.07) is 0. The molecule has 1 unspecified atom stereocenters. The Morgan fingerprint density at radius 2 is 2.15 bits per heavy atom. The molecule has 0 spiro atoms. The Bertz CT molecular complexity index is 137. The molecule has 0 fully saturated rings. The van der Waals surface area contributed by atoms with Gasteiger partial charge in [0, 0.05) is 6.54 Å². The van der Waals surface area contributed by atoms with Crippen LogP contribution in [0, 0.1) is 0 Å². The molecule has 0 bridgehead atoms. The van der Waals surface area contributed by atoms with Gasteiger partial charge in [0.1, 0.15) is 0 Å². The predicted octanol–water partition coefficient (Wildman–Crippen LogP) is 0.716. The van der Waals surface area contributed by atoms with E-state index in [0.717, 1.165) is 13.0 Å². The fourth-order valence-corrected chi connectivity index (χ4v) is 0.819. The van der Waals surface area contributed by atoms with Gasteiger partial charge in [0.2, 0.25) is 0 Å². The van der Waals surface area contributed by atoms with Gasteiger partial charge in [-0.15, -0.1) is 13.2 Å². The number of nitrogens with one attached hydrogen (secondary N) is 1. The van der Waals surface area contributed by atoms with Crippen molar-refractivity contribution in [3.05, 3.63) is 25.3 Å². The van der Waals surface area contributed by atoms with Crippen molar-refractivity contribution in [2.75, 3.05) is 26.3 Å². The second-order valence-electron chi connectivity index (χ2n) is 2.76. The zero-order valence-corrected chi connectivity index (χ0v) is 8.04. The number of aliphatic hydroxyl groups excluding tert-OH is 1. The van der Waals surface area contributed by atoms with Gasteiger partial charge in [-0.3, -0.25) is 0 Å².